The summed E-state index contributed by atoms with van der Waals surface area (Å²) in [5, 5.41) is 0. The molecule has 0 saturated heterocycles. The SMILES string of the molecule is C/C=C/[C@@H]1[C@@H](OCOC)[C@H](OCOC)[C@H]2N=C(N(C)C)O[C@@H]12. The van der Waals surface area contributed by atoms with Crippen molar-refractivity contribution in [3.8, 4) is 0 Å². The summed E-state index contributed by atoms with van der Waals surface area (Å²) in [6.45, 7) is 2.37. The molecule has 0 aromatic heterocycles. The van der Waals surface area contributed by atoms with Crippen LogP contribution in [-0.2, 0) is 23.7 Å². The molecular weight excluding hydrogens is 288 g/mol. The first-order valence-electron chi connectivity index (χ1n) is 7.39. The molecule has 7 heteroatoms. The third kappa shape index (κ3) is 3.43. The first-order chi connectivity index (χ1) is 10.6. The van der Waals surface area contributed by atoms with Crippen molar-refractivity contribution < 1.29 is 23.7 Å². The molecule has 0 unspecified atom stereocenters. The van der Waals surface area contributed by atoms with Crippen LogP contribution in [0, 0.1) is 5.92 Å². The van der Waals surface area contributed by atoms with E-state index in [-0.39, 0.29) is 43.9 Å². The highest BCUT2D eigenvalue weighted by Gasteiger charge is 2.56. The Kier molecular flexibility index (Phi) is 6.19. The second-order valence-corrected chi connectivity index (χ2v) is 5.56. The second-order valence-electron chi connectivity index (χ2n) is 5.56. The minimum Gasteiger partial charge on any atom is -0.459 e. The molecule has 5 atom stereocenters. The summed E-state index contributed by atoms with van der Waals surface area (Å²) in [6.07, 6.45) is 3.56. The highest BCUT2D eigenvalue weighted by molar-refractivity contribution is 5.75. The van der Waals surface area contributed by atoms with Crippen LogP contribution in [0.5, 0.6) is 0 Å². The summed E-state index contributed by atoms with van der Waals surface area (Å²) in [4.78, 5) is 6.52. The lowest BCUT2D eigenvalue weighted by molar-refractivity contribution is -0.154. The quantitative estimate of drug-likeness (QED) is 0.513. The maximum atomic E-state index is 6.02. The monoisotopic (exact) mass is 314 g/mol. The van der Waals surface area contributed by atoms with Crippen molar-refractivity contribution >= 4 is 6.02 Å². The zero-order chi connectivity index (χ0) is 16.1. The molecule has 1 saturated carbocycles. The highest BCUT2D eigenvalue weighted by Crippen LogP contribution is 2.40. The molecule has 0 aromatic rings. The van der Waals surface area contributed by atoms with Crippen molar-refractivity contribution in [1.29, 1.82) is 0 Å². The summed E-state index contributed by atoms with van der Waals surface area (Å²) >= 11 is 0. The summed E-state index contributed by atoms with van der Waals surface area (Å²) < 4.78 is 27.8. The normalized spacial score (nSPS) is 33.9. The van der Waals surface area contributed by atoms with E-state index in [0.717, 1.165) is 0 Å². The first kappa shape index (κ1) is 17.2. The van der Waals surface area contributed by atoms with Crippen molar-refractivity contribution in [2.24, 2.45) is 10.9 Å². The predicted molar refractivity (Wildman–Crippen MR) is 81.6 cm³/mol. The molecular formula is C15H26N2O5. The van der Waals surface area contributed by atoms with E-state index in [4.69, 9.17) is 23.7 Å². The minimum absolute atomic E-state index is 0.0493. The van der Waals surface area contributed by atoms with E-state index >= 15 is 0 Å². The van der Waals surface area contributed by atoms with E-state index < -0.39 is 0 Å². The third-order valence-corrected chi connectivity index (χ3v) is 3.81. The maximum Gasteiger partial charge on any atom is 0.287 e. The number of hydrogen-bond donors (Lipinski definition) is 0. The topological polar surface area (TPSA) is 61.8 Å². The van der Waals surface area contributed by atoms with Gasteiger partial charge in [-0.1, -0.05) is 12.2 Å². The maximum absolute atomic E-state index is 6.02. The zero-order valence-corrected chi connectivity index (χ0v) is 13.9. The Morgan fingerprint density at radius 3 is 2.32 bits per heavy atom. The summed E-state index contributed by atoms with van der Waals surface area (Å²) in [5.41, 5.74) is 0. The number of hydrogen-bond acceptors (Lipinski definition) is 7. The summed E-state index contributed by atoms with van der Waals surface area (Å²) in [6, 6.07) is 0.510. The molecule has 1 fully saturated rings. The molecule has 126 valence electrons. The molecule has 7 nitrogen and oxygen atoms in total. The van der Waals surface area contributed by atoms with Crippen LogP contribution in [0.25, 0.3) is 0 Å². The predicted octanol–water partition coefficient (Wildman–Crippen LogP) is 0.856. The Balaban J connectivity index is 2.23. The molecule has 0 N–H and O–H groups in total. The van der Waals surface area contributed by atoms with Crippen LogP contribution in [0.4, 0.5) is 0 Å². The lowest BCUT2D eigenvalue weighted by atomic mass is 10.0. The Labute approximate surface area is 131 Å². The van der Waals surface area contributed by atoms with Gasteiger partial charge < -0.3 is 28.6 Å². The number of allylic oxidation sites excluding steroid dienone is 1. The van der Waals surface area contributed by atoms with E-state index in [1.54, 1.807) is 14.2 Å². The Morgan fingerprint density at radius 2 is 1.77 bits per heavy atom. The molecule has 0 bridgehead atoms. The largest absolute Gasteiger partial charge is 0.459 e. The van der Waals surface area contributed by atoms with Gasteiger partial charge in [-0.2, -0.15) is 0 Å². The summed E-state index contributed by atoms with van der Waals surface area (Å²) in [5.74, 6) is 0.0493. The van der Waals surface area contributed by atoms with Gasteiger partial charge in [0.1, 0.15) is 31.8 Å². The molecule has 0 aromatic carbocycles. The zero-order valence-electron chi connectivity index (χ0n) is 13.9. The van der Waals surface area contributed by atoms with E-state index in [9.17, 15) is 0 Å². The van der Waals surface area contributed by atoms with Crippen molar-refractivity contribution in [1.82, 2.24) is 4.90 Å². The van der Waals surface area contributed by atoms with Crippen molar-refractivity contribution in [2.45, 2.75) is 31.3 Å². The number of amidine groups is 1. The molecule has 2 rings (SSSR count). The first-order valence-corrected chi connectivity index (χ1v) is 7.39. The molecule has 1 heterocycles. The average Bonchev–Trinajstić information content (AvgIpc) is 3.03. The lowest BCUT2D eigenvalue weighted by Gasteiger charge is -2.25. The van der Waals surface area contributed by atoms with Crippen LogP contribution in [-0.4, -0.2) is 77.2 Å². The van der Waals surface area contributed by atoms with Crippen LogP contribution in [0.2, 0.25) is 0 Å². The van der Waals surface area contributed by atoms with Gasteiger partial charge in [-0.3, -0.25) is 0 Å². The number of rotatable bonds is 7. The number of ether oxygens (including phenoxy) is 5. The highest BCUT2D eigenvalue weighted by atomic mass is 16.7. The Bertz CT molecular complexity index is 413. The molecule has 0 spiro atoms. The molecule has 22 heavy (non-hydrogen) atoms. The number of methoxy groups -OCH3 is 2. The molecule has 0 amide bonds. The molecule has 2 aliphatic rings. The summed E-state index contributed by atoms with van der Waals surface area (Å²) in [7, 11) is 7.02. The van der Waals surface area contributed by atoms with Gasteiger partial charge >= 0.3 is 0 Å². The standard InChI is InChI=1S/C15H26N2O5/c1-6-7-10-12-11(16-15(22-12)17(2)3)14(21-9-19-5)13(10)20-8-18-4/h6-7,10-14H,8-9H2,1-5H3/b7-6+/t10-,11-,12-,13+,14+/m0/s1. The van der Waals surface area contributed by atoms with Crippen LogP contribution >= 0.6 is 0 Å². The van der Waals surface area contributed by atoms with Gasteiger partial charge in [0.2, 0.25) is 0 Å². The second kappa shape index (κ2) is 7.92. The van der Waals surface area contributed by atoms with Gasteiger partial charge in [0, 0.05) is 34.2 Å². The van der Waals surface area contributed by atoms with E-state index in [0.29, 0.717) is 6.02 Å². The fourth-order valence-electron chi connectivity index (χ4n) is 2.94. The average molecular weight is 314 g/mol. The van der Waals surface area contributed by atoms with Crippen molar-refractivity contribution in [3.63, 3.8) is 0 Å². The van der Waals surface area contributed by atoms with Crippen molar-refractivity contribution in [2.75, 3.05) is 41.9 Å². The smallest absolute Gasteiger partial charge is 0.287 e. The van der Waals surface area contributed by atoms with E-state index in [1.807, 2.05) is 32.0 Å². The van der Waals surface area contributed by atoms with E-state index in [2.05, 4.69) is 11.1 Å². The number of fused-ring (bicyclic) bond motifs is 1. The molecule has 0 radical (unpaired) electrons. The van der Waals surface area contributed by atoms with Crippen LogP contribution < -0.4 is 0 Å². The van der Waals surface area contributed by atoms with Crippen molar-refractivity contribution in [3.05, 3.63) is 12.2 Å². The van der Waals surface area contributed by atoms with Crippen LogP contribution in [0.1, 0.15) is 6.92 Å². The van der Waals surface area contributed by atoms with Gasteiger partial charge in [0.25, 0.3) is 6.02 Å². The van der Waals surface area contributed by atoms with Gasteiger partial charge in [-0.25, -0.2) is 4.99 Å². The fraction of sp³-hybridized carbons (Fsp3) is 0.800. The fourth-order valence-corrected chi connectivity index (χ4v) is 2.94. The molecule has 1 aliphatic carbocycles. The van der Waals surface area contributed by atoms with Crippen LogP contribution in [0.3, 0.4) is 0 Å². The van der Waals surface area contributed by atoms with Crippen LogP contribution in [0.15, 0.2) is 17.1 Å². The Hall–Kier alpha value is -1.15. The third-order valence-electron chi connectivity index (χ3n) is 3.81. The lowest BCUT2D eigenvalue weighted by Crippen LogP contribution is -2.37. The Morgan fingerprint density at radius 1 is 1.14 bits per heavy atom. The van der Waals surface area contributed by atoms with E-state index in [1.165, 1.54) is 0 Å². The molecule has 1 aliphatic heterocycles. The number of nitrogens with zero attached hydrogens (tertiary/aromatic N) is 2. The van der Waals surface area contributed by atoms with Gasteiger partial charge in [-0.15, -0.1) is 0 Å². The van der Waals surface area contributed by atoms with Gasteiger partial charge in [0.05, 0.1) is 6.10 Å². The van der Waals surface area contributed by atoms with Gasteiger partial charge in [-0.05, 0) is 6.92 Å². The minimum atomic E-state index is -0.237. The number of aliphatic imine (C=N–C) groups is 1. The van der Waals surface area contributed by atoms with Gasteiger partial charge in [0.15, 0.2) is 0 Å².